The average molecular weight is 295 g/mol. The van der Waals surface area contributed by atoms with Crippen LogP contribution in [0, 0.1) is 0 Å². The number of hydrogen-bond donors (Lipinski definition) is 3. The minimum Gasteiger partial charge on any atom is -0.545 e. The summed E-state index contributed by atoms with van der Waals surface area (Å²) in [5.41, 5.74) is 0.120. The molecule has 1 aliphatic heterocycles. The smallest absolute Gasteiger partial charge is 0.183 e. The van der Waals surface area contributed by atoms with Crippen LogP contribution in [0.4, 0.5) is 0 Å². The molecule has 1 fully saturated rings. The first-order valence-electron chi connectivity index (χ1n) is 6.44. The van der Waals surface area contributed by atoms with Gasteiger partial charge < -0.3 is 30.0 Å². The van der Waals surface area contributed by atoms with E-state index < -0.39 is 30.6 Å². The number of Topliss-reactive ketones (excluding diaryl/α,β-unsaturated/α-hetero) is 1. The molecule has 0 radical (unpaired) electrons. The number of rotatable bonds is 5. The molecule has 0 aromatic heterocycles. The van der Waals surface area contributed by atoms with Gasteiger partial charge in [0.05, 0.1) is 12.1 Å². The van der Waals surface area contributed by atoms with E-state index in [1.807, 2.05) is 0 Å². The van der Waals surface area contributed by atoms with Gasteiger partial charge in [-0.1, -0.05) is 18.2 Å². The monoisotopic (exact) mass is 295 g/mol. The molecule has 0 unspecified atom stereocenters. The minimum absolute atomic E-state index is 0.0162. The Bertz CT molecular complexity index is 542. The number of carboxylic acid groups (broad SMARTS) is 1. The zero-order chi connectivity index (χ0) is 15.6. The van der Waals surface area contributed by atoms with Gasteiger partial charge in [0.1, 0.15) is 12.2 Å². The van der Waals surface area contributed by atoms with Crippen LogP contribution in [0.1, 0.15) is 33.6 Å². The lowest BCUT2D eigenvalue weighted by molar-refractivity contribution is -0.255. The van der Waals surface area contributed by atoms with Crippen molar-refractivity contribution in [2.45, 2.75) is 37.4 Å². The van der Waals surface area contributed by atoms with E-state index in [4.69, 9.17) is 4.74 Å². The molecule has 1 saturated heterocycles. The van der Waals surface area contributed by atoms with Crippen molar-refractivity contribution < 1.29 is 34.8 Å². The van der Waals surface area contributed by atoms with Crippen molar-refractivity contribution in [2.24, 2.45) is 0 Å². The zero-order valence-corrected chi connectivity index (χ0v) is 11.0. The van der Waals surface area contributed by atoms with E-state index in [2.05, 4.69) is 0 Å². The summed E-state index contributed by atoms with van der Waals surface area (Å²) >= 11 is 0. The molecular weight excluding hydrogens is 280 g/mol. The van der Waals surface area contributed by atoms with Gasteiger partial charge in [-0.2, -0.15) is 0 Å². The van der Waals surface area contributed by atoms with Crippen LogP contribution >= 0.6 is 0 Å². The third kappa shape index (κ3) is 3.45. The second-order valence-corrected chi connectivity index (χ2v) is 4.88. The maximum Gasteiger partial charge on any atom is 0.183 e. The molecule has 1 aliphatic rings. The molecular formula is C14H15O7-. The Balaban J connectivity index is 1.96. The summed E-state index contributed by atoms with van der Waals surface area (Å²) in [7, 11) is 0. The van der Waals surface area contributed by atoms with E-state index >= 15 is 0 Å². The Morgan fingerprint density at radius 1 is 1.14 bits per heavy atom. The fourth-order valence-corrected chi connectivity index (χ4v) is 2.20. The Labute approximate surface area is 120 Å². The van der Waals surface area contributed by atoms with Gasteiger partial charge in [-0.3, -0.25) is 4.79 Å². The van der Waals surface area contributed by atoms with E-state index in [0.717, 1.165) is 0 Å². The SMILES string of the molecule is O=C([O-])c1cccc(C(=O)CC[C@H]2O[C@@H](O)[C@H](O)[C@@H]2O)c1. The molecule has 4 atom stereocenters. The largest absolute Gasteiger partial charge is 0.545 e. The van der Waals surface area contributed by atoms with Gasteiger partial charge >= 0.3 is 0 Å². The first-order valence-corrected chi connectivity index (χ1v) is 6.44. The van der Waals surface area contributed by atoms with Crippen molar-refractivity contribution in [1.29, 1.82) is 0 Å². The second-order valence-electron chi connectivity index (χ2n) is 4.88. The number of benzene rings is 1. The first-order chi connectivity index (χ1) is 9.90. The fourth-order valence-electron chi connectivity index (χ4n) is 2.20. The summed E-state index contributed by atoms with van der Waals surface area (Å²) in [6.07, 6.45) is -4.89. The van der Waals surface area contributed by atoms with Gasteiger partial charge in [0, 0.05) is 12.0 Å². The number of hydrogen-bond acceptors (Lipinski definition) is 7. The first kappa shape index (κ1) is 15.6. The Morgan fingerprint density at radius 3 is 2.38 bits per heavy atom. The van der Waals surface area contributed by atoms with E-state index in [-0.39, 0.29) is 29.8 Å². The highest BCUT2D eigenvalue weighted by atomic mass is 16.6. The van der Waals surface area contributed by atoms with Crippen LogP contribution in [0.3, 0.4) is 0 Å². The summed E-state index contributed by atoms with van der Waals surface area (Å²) in [6, 6.07) is 5.45. The molecule has 7 heteroatoms. The van der Waals surface area contributed by atoms with Crippen LogP contribution in [-0.2, 0) is 4.74 Å². The van der Waals surface area contributed by atoms with E-state index in [1.165, 1.54) is 24.3 Å². The predicted molar refractivity (Wildman–Crippen MR) is 67.2 cm³/mol. The maximum absolute atomic E-state index is 12.0. The fraction of sp³-hybridized carbons (Fsp3) is 0.429. The predicted octanol–water partition coefficient (Wildman–Crippen LogP) is -1.55. The van der Waals surface area contributed by atoms with Gasteiger partial charge in [-0.05, 0) is 18.1 Å². The van der Waals surface area contributed by atoms with Crippen molar-refractivity contribution in [1.82, 2.24) is 0 Å². The number of carboxylic acids is 1. The summed E-state index contributed by atoms with van der Waals surface area (Å²) in [4.78, 5) is 22.7. The van der Waals surface area contributed by atoms with Gasteiger partial charge in [-0.25, -0.2) is 0 Å². The molecule has 2 rings (SSSR count). The average Bonchev–Trinajstić information content (AvgIpc) is 2.72. The molecule has 21 heavy (non-hydrogen) atoms. The third-order valence-corrected chi connectivity index (χ3v) is 3.41. The molecule has 0 saturated carbocycles. The quantitative estimate of drug-likeness (QED) is 0.561. The normalized spacial score (nSPS) is 28.5. The molecule has 0 aliphatic carbocycles. The van der Waals surface area contributed by atoms with Crippen molar-refractivity contribution in [3.63, 3.8) is 0 Å². The van der Waals surface area contributed by atoms with Crippen LogP contribution in [0.15, 0.2) is 24.3 Å². The molecule has 114 valence electrons. The van der Waals surface area contributed by atoms with E-state index in [1.54, 1.807) is 0 Å². The van der Waals surface area contributed by atoms with Gasteiger partial charge in [-0.15, -0.1) is 0 Å². The van der Waals surface area contributed by atoms with Crippen molar-refractivity contribution in [2.75, 3.05) is 0 Å². The number of ketones is 1. The molecule has 1 aromatic carbocycles. The second kappa shape index (κ2) is 6.31. The highest BCUT2D eigenvalue weighted by Gasteiger charge is 2.41. The lowest BCUT2D eigenvalue weighted by Gasteiger charge is -2.13. The molecule has 3 N–H and O–H groups in total. The molecule has 0 amide bonds. The Kier molecular flexibility index (Phi) is 4.69. The summed E-state index contributed by atoms with van der Waals surface area (Å²) in [5.74, 6) is -1.70. The maximum atomic E-state index is 12.0. The van der Waals surface area contributed by atoms with Crippen molar-refractivity contribution in [3.8, 4) is 0 Å². The molecule has 0 spiro atoms. The van der Waals surface area contributed by atoms with Crippen LogP contribution in [0.5, 0.6) is 0 Å². The van der Waals surface area contributed by atoms with Gasteiger partial charge in [0.25, 0.3) is 0 Å². The standard InChI is InChI=1S/C14H16O7/c15-9(7-2-1-3-8(6-7)13(18)19)4-5-10-11(16)12(17)14(20)21-10/h1-3,6,10-12,14,16-17,20H,4-5H2,(H,18,19)/p-1/t10-,11-,12-,14-/m1/s1. The number of ether oxygens (including phenoxy) is 1. The number of carbonyl (C=O) groups is 2. The molecule has 1 heterocycles. The highest BCUT2D eigenvalue weighted by molar-refractivity contribution is 5.98. The molecule has 1 aromatic rings. The molecule has 7 nitrogen and oxygen atoms in total. The summed E-state index contributed by atoms with van der Waals surface area (Å²) in [6.45, 7) is 0. The van der Waals surface area contributed by atoms with Crippen molar-refractivity contribution >= 4 is 11.8 Å². The molecule has 0 bridgehead atoms. The van der Waals surface area contributed by atoms with Crippen LogP contribution in [0.25, 0.3) is 0 Å². The van der Waals surface area contributed by atoms with Crippen LogP contribution < -0.4 is 5.11 Å². The Hall–Kier alpha value is -1.80. The highest BCUT2D eigenvalue weighted by Crippen LogP contribution is 2.23. The number of aliphatic hydroxyl groups is 3. The third-order valence-electron chi connectivity index (χ3n) is 3.41. The van der Waals surface area contributed by atoms with Gasteiger partial charge in [0.2, 0.25) is 0 Å². The topological polar surface area (TPSA) is 127 Å². The van der Waals surface area contributed by atoms with Crippen LogP contribution in [-0.4, -0.2) is 51.7 Å². The van der Waals surface area contributed by atoms with Crippen LogP contribution in [0.2, 0.25) is 0 Å². The lowest BCUT2D eigenvalue weighted by atomic mass is 10.00. The number of carbonyl (C=O) groups excluding carboxylic acids is 2. The summed E-state index contributed by atoms with van der Waals surface area (Å²) in [5, 5.41) is 38.9. The van der Waals surface area contributed by atoms with E-state index in [9.17, 15) is 30.0 Å². The van der Waals surface area contributed by atoms with Gasteiger partial charge in [0.15, 0.2) is 12.1 Å². The number of aromatic carboxylic acids is 1. The number of aliphatic hydroxyl groups excluding tert-OH is 3. The minimum atomic E-state index is -1.47. The van der Waals surface area contributed by atoms with Crippen molar-refractivity contribution in [3.05, 3.63) is 35.4 Å². The van der Waals surface area contributed by atoms with E-state index in [0.29, 0.717) is 0 Å². The zero-order valence-electron chi connectivity index (χ0n) is 11.0. The Morgan fingerprint density at radius 2 is 1.81 bits per heavy atom. The summed E-state index contributed by atoms with van der Waals surface area (Å²) < 4.78 is 4.93. The lowest BCUT2D eigenvalue weighted by Crippen LogP contribution is -2.32.